The first-order valence-electron chi connectivity index (χ1n) is 8.80. The van der Waals surface area contributed by atoms with Crippen molar-refractivity contribution in [2.24, 2.45) is 0 Å². The van der Waals surface area contributed by atoms with Gasteiger partial charge in [-0.25, -0.2) is 0 Å². The highest BCUT2D eigenvalue weighted by molar-refractivity contribution is 6.08. The number of hydrogen-bond donors (Lipinski definition) is 2. The Bertz CT molecular complexity index is 983. The van der Waals surface area contributed by atoms with Crippen molar-refractivity contribution in [1.29, 1.82) is 0 Å². The molecule has 3 aromatic rings. The Morgan fingerprint density at radius 2 is 1.56 bits per heavy atom. The van der Waals surface area contributed by atoms with E-state index in [-0.39, 0.29) is 17.5 Å². The Balaban J connectivity index is 1.77. The van der Waals surface area contributed by atoms with Crippen LogP contribution in [0.5, 0.6) is 0 Å². The van der Waals surface area contributed by atoms with E-state index in [2.05, 4.69) is 15.6 Å². The number of amides is 2. The molecule has 0 fully saturated rings. The Morgan fingerprint density at radius 1 is 0.889 bits per heavy atom. The third-order valence-corrected chi connectivity index (χ3v) is 4.29. The van der Waals surface area contributed by atoms with Crippen LogP contribution in [0.1, 0.15) is 38.9 Å². The van der Waals surface area contributed by atoms with Crippen molar-refractivity contribution in [2.75, 3.05) is 10.6 Å². The molecule has 0 saturated heterocycles. The summed E-state index contributed by atoms with van der Waals surface area (Å²) >= 11 is 0. The van der Waals surface area contributed by atoms with Crippen LogP contribution in [-0.4, -0.2) is 16.8 Å². The number of carbonyl (C=O) groups is 2. The normalized spacial score (nSPS) is 10.3. The van der Waals surface area contributed by atoms with Crippen molar-refractivity contribution in [1.82, 2.24) is 4.98 Å². The summed E-state index contributed by atoms with van der Waals surface area (Å²) in [5.74, 6) is -0.629. The number of aryl methyl sites for hydroxylation is 2. The van der Waals surface area contributed by atoms with Crippen LogP contribution >= 0.6 is 0 Å². The molecule has 5 nitrogen and oxygen atoms in total. The molecule has 136 valence electrons. The maximum Gasteiger partial charge on any atom is 0.274 e. The molecule has 1 heterocycles. The molecule has 2 N–H and O–H groups in total. The summed E-state index contributed by atoms with van der Waals surface area (Å²) in [5, 5.41) is 5.73. The van der Waals surface area contributed by atoms with E-state index in [1.54, 1.807) is 6.07 Å². The van der Waals surface area contributed by atoms with Gasteiger partial charge in [0.05, 0.1) is 0 Å². The van der Waals surface area contributed by atoms with Gasteiger partial charge in [0.2, 0.25) is 0 Å². The number of nitrogens with one attached hydrogen (secondary N) is 2. The second kappa shape index (κ2) is 8.27. The lowest BCUT2D eigenvalue weighted by atomic mass is 10.1. The van der Waals surface area contributed by atoms with Gasteiger partial charge in [-0.15, -0.1) is 0 Å². The highest BCUT2D eigenvalue weighted by atomic mass is 16.2. The van der Waals surface area contributed by atoms with E-state index >= 15 is 0 Å². The molecule has 0 bridgehead atoms. The van der Waals surface area contributed by atoms with Crippen molar-refractivity contribution in [3.63, 3.8) is 0 Å². The minimum atomic E-state index is -0.346. The first-order chi connectivity index (χ1) is 13.1. The summed E-state index contributed by atoms with van der Waals surface area (Å²) in [7, 11) is 0. The van der Waals surface area contributed by atoms with E-state index in [0.717, 1.165) is 28.9 Å². The quantitative estimate of drug-likeness (QED) is 0.707. The highest BCUT2D eigenvalue weighted by Crippen LogP contribution is 2.17. The molecule has 1 aromatic heterocycles. The second-order valence-corrected chi connectivity index (χ2v) is 6.16. The topological polar surface area (TPSA) is 71.1 Å². The summed E-state index contributed by atoms with van der Waals surface area (Å²) in [6.45, 7) is 3.95. The molecule has 0 aliphatic carbocycles. The number of hydrogen-bond acceptors (Lipinski definition) is 3. The Hall–Kier alpha value is -3.47. The molecule has 0 aliphatic heterocycles. The number of rotatable bonds is 5. The Labute approximate surface area is 158 Å². The number of nitrogens with zero attached hydrogens (tertiary/aromatic N) is 1. The molecule has 27 heavy (non-hydrogen) atoms. The summed E-state index contributed by atoms with van der Waals surface area (Å²) < 4.78 is 0. The Kier molecular flexibility index (Phi) is 5.61. The first kappa shape index (κ1) is 18.3. The first-order valence-corrected chi connectivity index (χ1v) is 8.80. The van der Waals surface area contributed by atoms with Gasteiger partial charge in [-0.1, -0.05) is 43.3 Å². The average Bonchev–Trinajstić information content (AvgIpc) is 2.70. The minimum Gasteiger partial charge on any atom is -0.322 e. The molecule has 0 spiro atoms. The predicted octanol–water partition coefficient (Wildman–Crippen LogP) is 4.46. The number of carbonyl (C=O) groups excluding carboxylic acids is 2. The highest BCUT2D eigenvalue weighted by Gasteiger charge is 2.14. The summed E-state index contributed by atoms with van der Waals surface area (Å²) in [4.78, 5) is 29.2. The van der Waals surface area contributed by atoms with Gasteiger partial charge in [0.1, 0.15) is 5.69 Å². The van der Waals surface area contributed by atoms with Crippen LogP contribution in [0.15, 0.2) is 66.9 Å². The number of anilines is 2. The van der Waals surface area contributed by atoms with Gasteiger partial charge in [0.25, 0.3) is 11.8 Å². The average molecular weight is 359 g/mol. The molecule has 0 radical (unpaired) electrons. The van der Waals surface area contributed by atoms with Crippen LogP contribution in [0, 0.1) is 6.92 Å². The largest absolute Gasteiger partial charge is 0.322 e. The zero-order chi connectivity index (χ0) is 19.2. The van der Waals surface area contributed by atoms with Crippen molar-refractivity contribution < 1.29 is 9.59 Å². The van der Waals surface area contributed by atoms with Gasteiger partial charge >= 0.3 is 0 Å². The maximum atomic E-state index is 12.6. The number of pyridine rings is 1. The predicted molar refractivity (Wildman–Crippen MR) is 107 cm³/mol. The van der Waals surface area contributed by atoms with Gasteiger partial charge in [-0.3, -0.25) is 14.6 Å². The lowest BCUT2D eigenvalue weighted by Gasteiger charge is -2.11. The lowest BCUT2D eigenvalue weighted by molar-refractivity contribution is 0.102. The van der Waals surface area contributed by atoms with Crippen LogP contribution in [0.2, 0.25) is 0 Å². The SMILES string of the molecule is CCc1ccccc1NC(=O)c1cc(C(=O)Nc2ccccc2C)ccn1. The Morgan fingerprint density at radius 3 is 2.30 bits per heavy atom. The van der Waals surface area contributed by atoms with E-state index in [1.165, 1.54) is 12.3 Å². The standard InChI is InChI=1S/C22H21N3O2/c1-3-16-9-5-7-11-19(16)25-22(27)20-14-17(12-13-23-20)21(26)24-18-10-6-4-8-15(18)2/h4-14H,3H2,1-2H3,(H,24,26)(H,25,27). The molecule has 2 aromatic carbocycles. The van der Waals surface area contributed by atoms with Gasteiger partial charge in [-0.2, -0.15) is 0 Å². The summed E-state index contributed by atoms with van der Waals surface area (Å²) in [5.41, 5.74) is 4.07. The van der Waals surface area contributed by atoms with Crippen molar-refractivity contribution >= 4 is 23.2 Å². The van der Waals surface area contributed by atoms with Crippen molar-refractivity contribution in [3.05, 3.63) is 89.2 Å². The molecular weight excluding hydrogens is 338 g/mol. The van der Waals surface area contributed by atoms with Crippen LogP contribution in [0.25, 0.3) is 0 Å². The third-order valence-electron chi connectivity index (χ3n) is 4.29. The van der Waals surface area contributed by atoms with Crippen LogP contribution < -0.4 is 10.6 Å². The van der Waals surface area contributed by atoms with E-state index in [0.29, 0.717) is 5.56 Å². The molecular formula is C22H21N3O2. The van der Waals surface area contributed by atoms with Gasteiger partial charge in [0, 0.05) is 23.1 Å². The van der Waals surface area contributed by atoms with Gasteiger partial charge in [0.15, 0.2) is 0 Å². The summed E-state index contributed by atoms with van der Waals surface area (Å²) in [6, 6.07) is 18.2. The fourth-order valence-electron chi connectivity index (χ4n) is 2.74. The lowest BCUT2D eigenvalue weighted by Crippen LogP contribution is -2.17. The van der Waals surface area contributed by atoms with E-state index in [9.17, 15) is 9.59 Å². The third kappa shape index (κ3) is 4.39. The fraction of sp³-hybridized carbons (Fsp3) is 0.136. The number of aromatic nitrogens is 1. The zero-order valence-corrected chi connectivity index (χ0v) is 15.3. The molecule has 0 atom stereocenters. The van der Waals surface area contributed by atoms with Crippen LogP contribution in [0.4, 0.5) is 11.4 Å². The van der Waals surface area contributed by atoms with E-state index in [4.69, 9.17) is 0 Å². The number of benzene rings is 2. The molecule has 0 unspecified atom stereocenters. The zero-order valence-electron chi connectivity index (χ0n) is 15.3. The second-order valence-electron chi connectivity index (χ2n) is 6.16. The van der Waals surface area contributed by atoms with Crippen LogP contribution in [0.3, 0.4) is 0 Å². The van der Waals surface area contributed by atoms with Crippen molar-refractivity contribution in [2.45, 2.75) is 20.3 Å². The molecule has 5 heteroatoms. The maximum absolute atomic E-state index is 12.6. The van der Waals surface area contributed by atoms with Crippen LogP contribution in [-0.2, 0) is 6.42 Å². The smallest absolute Gasteiger partial charge is 0.274 e. The molecule has 2 amide bonds. The van der Waals surface area contributed by atoms with Gasteiger partial charge in [-0.05, 0) is 48.7 Å². The van der Waals surface area contributed by atoms with Crippen molar-refractivity contribution in [3.8, 4) is 0 Å². The minimum absolute atomic E-state index is 0.193. The molecule has 0 aliphatic rings. The van der Waals surface area contributed by atoms with E-state index < -0.39 is 0 Å². The molecule has 3 rings (SSSR count). The fourth-order valence-corrected chi connectivity index (χ4v) is 2.74. The monoisotopic (exact) mass is 359 g/mol. The van der Waals surface area contributed by atoms with Gasteiger partial charge < -0.3 is 10.6 Å². The number of para-hydroxylation sites is 2. The summed E-state index contributed by atoms with van der Waals surface area (Å²) in [6.07, 6.45) is 2.27. The van der Waals surface area contributed by atoms with E-state index in [1.807, 2.05) is 62.4 Å². The molecule has 0 saturated carbocycles.